The van der Waals surface area contributed by atoms with Crippen LogP contribution < -0.4 is 19.5 Å². The summed E-state index contributed by atoms with van der Waals surface area (Å²) in [4.78, 5) is 12.6. The Labute approximate surface area is 208 Å². The molecule has 166 valence electrons. The highest BCUT2D eigenvalue weighted by molar-refractivity contribution is 9.11. The Morgan fingerprint density at radius 1 is 1.12 bits per heavy atom. The van der Waals surface area contributed by atoms with Crippen molar-refractivity contribution in [2.45, 2.75) is 13.5 Å². The molecule has 0 unspecified atom stereocenters. The first kappa shape index (κ1) is 22.9. The fourth-order valence-corrected chi connectivity index (χ4v) is 4.66. The molecule has 3 aromatic rings. The number of ether oxygens (including phenoxy) is 3. The topological polar surface area (TPSA) is 80.6 Å². The van der Waals surface area contributed by atoms with Crippen molar-refractivity contribution in [1.29, 1.82) is 5.26 Å². The normalized spacial score (nSPS) is 12.2. The molecule has 1 aliphatic rings. The van der Waals surface area contributed by atoms with Crippen LogP contribution in [0.1, 0.15) is 16.7 Å². The molecule has 3 aromatic carbocycles. The maximum absolute atomic E-state index is 12.6. The number of nitrogens with one attached hydrogen (secondary N) is 1. The van der Waals surface area contributed by atoms with E-state index in [1.54, 1.807) is 18.2 Å². The summed E-state index contributed by atoms with van der Waals surface area (Å²) in [6.07, 6.45) is 1.53. The van der Waals surface area contributed by atoms with Crippen LogP contribution in [0.25, 0.3) is 6.08 Å². The number of carbonyl (C=O) groups is 1. The monoisotopic (exact) mass is 568 g/mol. The third-order valence-electron chi connectivity index (χ3n) is 4.91. The highest BCUT2D eigenvalue weighted by Crippen LogP contribution is 2.37. The third kappa shape index (κ3) is 5.38. The van der Waals surface area contributed by atoms with Crippen LogP contribution in [-0.2, 0) is 11.4 Å². The minimum atomic E-state index is -0.470. The van der Waals surface area contributed by atoms with E-state index in [2.05, 4.69) is 37.2 Å². The number of hydrogen-bond donors (Lipinski definition) is 1. The molecule has 4 rings (SSSR count). The Kier molecular flexibility index (Phi) is 7.02. The van der Waals surface area contributed by atoms with E-state index in [9.17, 15) is 10.1 Å². The average molecular weight is 570 g/mol. The first-order chi connectivity index (χ1) is 15.9. The van der Waals surface area contributed by atoms with Crippen LogP contribution >= 0.6 is 31.9 Å². The van der Waals surface area contributed by atoms with Gasteiger partial charge in [-0.05, 0) is 91.9 Å². The SMILES string of the molecule is Cc1ccccc1NC(=O)/C(C#N)=C\c1cc(Br)c(OCc2ccc3c(c2)OCO3)c(Br)c1. The Hall–Kier alpha value is -3.28. The van der Waals surface area contributed by atoms with E-state index in [0.29, 0.717) is 38.3 Å². The summed E-state index contributed by atoms with van der Waals surface area (Å²) >= 11 is 7.04. The minimum absolute atomic E-state index is 0.00826. The lowest BCUT2D eigenvalue weighted by atomic mass is 10.1. The van der Waals surface area contributed by atoms with Crippen LogP contribution in [0.5, 0.6) is 17.2 Å². The van der Waals surface area contributed by atoms with Crippen LogP contribution in [0.15, 0.2) is 69.1 Å². The van der Waals surface area contributed by atoms with E-state index in [1.807, 2.05) is 49.4 Å². The van der Waals surface area contributed by atoms with E-state index < -0.39 is 5.91 Å². The number of para-hydroxylation sites is 1. The van der Waals surface area contributed by atoms with Gasteiger partial charge in [-0.3, -0.25) is 4.79 Å². The van der Waals surface area contributed by atoms with Crippen LogP contribution in [-0.4, -0.2) is 12.7 Å². The van der Waals surface area contributed by atoms with Crippen molar-refractivity contribution in [2.75, 3.05) is 12.1 Å². The number of aryl methyl sites for hydroxylation is 1. The summed E-state index contributed by atoms with van der Waals surface area (Å²) in [5, 5.41) is 12.3. The van der Waals surface area contributed by atoms with E-state index in [0.717, 1.165) is 16.9 Å². The quantitative estimate of drug-likeness (QED) is 0.275. The molecular weight excluding hydrogens is 552 g/mol. The minimum Gasteiger partial charge on any atom is -0.487 e. The van der Waals surface area contributed by atoms with Crippen LogP contribution in [0.2, 0.25) is 0 Å². The van der Waals surface area contributed by atoms with Crippen molar-refractivity contribution in [1.82, 2.24) is 0 Å². The summed E-state index contributed by atoms with van der Waals surface area (Å²) in [5.41, 5.74) is 3.17. The van der Waals surface area contributed by atoms with Crippen LogP contribution in [0.4, 0.5) is 5.69 Å². The van der Waals surface area contributed by atoms with Gasteiger partial charge < -0.3 is 19.5 Å². The number of hydrogen-bond acceptors (Lipinski definition) is 5. The molecule has 0 fully saturated rings. The molecule has 0 spiro atoms. The van der Waals surface area contributed by atoms with Gasteiger partial charge in [-0.2, -0.15) is 5.26 Å². The van der Waals surface area contributed by atoms with Gasteiger partial charge in [0.15, 0.2) is 11.5 Å². The van der Waals surface area contributed by atoms with Gasteiger partial charge >= 0.3 is 0 Å². The number of nitrogens with zero attached hydrogens (tertiary/aromatic N) is 1. The van der Waals surface area contributed by atoms with Crippen molar-refractivity contribution in [3.8, 4) is 23.3 Å². The highest BCUT2D eigenvalue weighted by Gasteiger charge is 2.15. The third-order valence-corrected chi connectivity index (χ3v) is 6.09. The second-order valence-corrected chi connectivity index (χ2v) is 8.94. The summed E-state index contributed by atoms with van der Waals surface area (Å²) in [6.45, 7) is 2.44. The van der Waals surface area contributed by atoms with Crippen molar-refractivity contribution in [3.05, 3.63) is 85.8 Å². The summed E-state index contributed by atoms with van der Waals surface area (Å²) in [5.74, 6) is 1.55. The van der Waals surface area contributed by atoms with Crippen molar-refractivity contribution in [3.63, 3.8) is 0 Å². The summed E-state index contributed by atoms with van der Waals surface area (Å²) in [7, 11) is 0. The van der Waals surface area contributed by atoms with Gasteiger partial charge in [0.25, 0.3) is 5.91 Å². The molecule has 0 saturated heterocycles. The molecule has 0 aliphatic carbocycles. The van der Waals surface area contributed by atoms with E-state index in [1.165, 1.54) is 6.08 Å². The van der Waals surface area contributed by atoms with E-state index in [-0.39, 0.29) is 12.4 Å². The fourth-order valence-electron chi connectivity index (χ4n) is 3.21. The molecule has 1 amide bonds. The molecule has 8 heteroatoms. The standard InChI is InChI=1S/C25H18Br2N2O4/c1-15-4-2-3-5-21(15)29-25(30)18(12-28)8-17-9-19(26)24(20(27)10-17)31-13-16-6-7-22-23(11-16)33-14-32-22/h2-11H,13-14H2,1H3,(H,29,30)/b18-8-. The van der Waals surface area contributed by atoms with Crippen LogP contribution in [0.3, 0.4) is 0 Å². The lowest BCUT2D eigenvalue weighted by Crippen LogP contribution is -2.14. The molecule has 33 heavy (non-hydrogen) atoms. The molecule has 1 N–H and O–H groups in total. The van der Waals surface area contributed by atoms with Crippen molar-refractivity contribution < 1.29 is 19.0 Å². The number of rotatable bonds is 6. The largest absolute Gasteiger partial charge is 0.487 e. The smallest absolute Gasteiger partial charge is 0.266 e. The van der Waals surface area contributed by atoms with Gasteiger partial charge in [0.1, 0.15) is 24.0 Å². The maximum Gasteiger partial charge on any atom is 0.266 e. The van der Waals surface area contributed by atoms with E-state index in [4.69, 9.17) is 14.2 Å². The number of nitriles is 1. The molecule has 0 atom stereocenters. The first-order valence-electron chi connectivity index (χ1n) is 9.94. The Bertz CT molecular complexity index is 1270. The van der Waals surface area contributed by atoms with Gasteiger partial charge in [0.05, 0.1) is 8.95 Å². The molecule has 0 radical (unpaired) electrons. The van der Waals surface area contributed by atoms with E-state index >= 15 is 0 Å². The molecule has 0 saturated carbocycles. The lowest BCUT2D eigenvalue weighted by molar-refractivity contribution is -0.112. The predicted octanol–water partition coefficient (Wildman–Crippen LogP) is 6.37. The predicted molar refractivity (Wildman–Crippen MR) is 132 cm³/mol. The summed E-state index contributed by atoms with van der Waals surface area (Å²) < 4.78 is 18.1. The zero-order chi connectivity index (χ0) is 23.4. The molecular formula is C25H18Br2N2O4. The molecule has 1 aliphatic heterocycles. The Balaban J connectivity index is 1.49. The van der Waals surface area contributed by atoms with Gasteiger partial charge in [0, 0.05) is 5.69 Å². The van der Waals surface area contributed by atoms with Crippen LogP contribution in [0, 0.1) is 18.3 Å². The maximum atomic E-state index is 12.6. The number of benzene rings is 3. The number of anilines is 1. The number of fused-ring (bicyclic) bond motifs is 1. The molecule has 1 heterocycles. The lowest BCUT2D eigenvalue weighted by Gasteiger charge is -2.12. The number of amides is 1. The summed E-state index contributed by atoms with van der Waals surface area (Å²) in [6, 6.07) is 18.6. The molecule has 0 bridgehead atoms. The average Bonchev–Trinajstić information content (AvgIpc) is 3.26. The van der Waals surface area contributed by atoms with Gasteiger partial charge in [-0.25, -0.2) is 0 Å². The molecule has 0 aromatic heterocycles. The Morgan fingerprint density at radius 3 is 2.58 bits per heavy atom. The highest BCUT2D eigenvalue weighted by atomic mass is 79.9. The Morgan fingerprint density at radius 2 is 1.85 bits per heavy atom. The number of carbonyl (C=O) groups excluding carboxylic acids is 1. The van der Waals surface area contributed by atoms with Crippen molar-refractivity contribution in [2.24, 2.45) is 0 Å². The first-order valence-corrected chi connectivity index (χ1v) is 11.5. The van der Waals surface area contributed by atoms with Gasteiger partial charge in [-0.15, -0.1) is 0 Å². The second kappa shape index (κ2) is 10.1. The molecule has 6 nitrogen and oxygen atoms in total. The zero-order valence-corrected chi connectivity index (χ0v) is 20.7. The van der Waals surface area contributed by atoms with Crippen molar-refractivity contribution >= 4 is 49.5 Å². The zero-order valence-electron chi connectivity index (χ0n) is 17.5. The second-order valence-electron chi connectivity index (χ2n) is 7.23. The fraction of sp³-hybridized carbons (Fsp3) is 0.120. The van der Waals surface area contributed by atoms with Gasteiger partial charge in [0.2, 0.25) is 6.79 Å². The van der Waals surface area contributed by atoms with Gasteiger partial charge in [-0.1, -0.05) is 24.3 Å². The number of halogens is 2.